The Balaban J connectivity index is 1.28. The number of H-pyrrole nitrogens is 1. The summed E-state index contributed by atoms with van der Waals surface area (Å²) in [5.74, 6) is 0.838. The number of nitrogens with zero attached hydrogens (tertiary/aromatic N) is 4. The Morgan fingerprint density at radius 1 is 1.21 bits per heavy atom. The van der Waals surface area contributed by atoms with Crippen LogP contribution in [-0.2, 0) is 0 Å². The molecular weight excluding hydrogens is 386 g/mol. The van der Waals surface area contributed by atoms with Gasteiger partial charge in [-0.15, -0.1) is 0 Å². The van der Waals surface area contributed by atoms with Gasteiger partial charge in [0.25, 0.3) is 5.91 Å². The highest BCUT2D eigenvalue weighted by Crippen LogP contribution is 2.28. The molecule has 4 heterocycles. The molecule has 0 radical (unpaired) electrons. The van der Waals surface area contributed by atoms with Crippen LogP contribution in [0, 0.1) is 0 Å². The van der Waals surface area contributed by atoms with E-state index in [0.717, 1.165) is 45.2 Å². The number of fused-ring (bicyclic) bond motifs is 2. The molecule has 1 aliphatic heterocycles. The highest BCUT2D eigenvalue weighted by molar-refractivity contribution is 7.21. The summed E-state index contributed by atoms with van der Waals surface area (Å²) < 4.78 is 5.55. The summed E-state index contributed by atoms with van der Waals surface area (Å²) >= 11 is 1.60. The van der Waals surface area contributed by atoms with Crippen molar-refractivity contribution in [2.45, 2.75) is 6.92 Å². The van der Waals surface area contributed by atoms with Crippen LogP contribution in [0.2, 0.25) is 0 Å². The number of hydrogen-bond donors (Lipinski definition) is 1. The number of thiazole rings is 1. The maximum absolute atomic E-state index is 13.0. The predicted octanol–water partition coefficient (Wildman–Crippen LogP) is 3.53. The number of rotatable bonds is 4. The van der Waals surface area contributed by atoms with Crippen molar-refractivity contribution in [2.24, 2.45) is 0 Å². The van der Waals surface area contributed by atoms with Crippen LogP contribution in [0.15, 0.2) is 42.6 Å². The zero-order valence-electron chi connectivity index (χ0n) is 16.1. The van der Waals surface area contributed by atoms with Crippen LogP contribution in [0.1, 0.15) is 17.4 Å². The second-order valence-electron chi connectivity index (χ2n) is 6.97. The molecule has 5 rings (SSSR count). The summed E-state index contributed by atoms with van der Waals surface area (Å²) in [4.78, 5) is 30.4. The largest absolute Gasteiger partial charge is 0.494 e. The van der Waals surface area contributed by atoms with Crippen LogP contribution in [0.25, 0.3) is 21.3 Å². The van der Waals surface area contributed by atoms with E-state index in [4.69, 9.17) is 4.74 Å². The molecule has 29 heavy (non-hydrogen) atoms. The molecule has 1 saturated heterocycles. The molecular formula is C21H21N5O2S. The molecule has 1 aromatic carbocycles. The minimum Gasteiger partial charge on any atom is -0.494 e. The number of pyridine rings is 1. The van der Waals surface area contributed by atoms with Crippen LogP contribution in [0.5, 0.6) is 5.75 Å². The lowest BCUT2D eigenvalue weighted by atomic mass is 10.2. The lowest BCUT2D eigenvalue weighted by molar-refractivity contribution is 0.0742. The number of amides is 1. The number of aromatic nitrogens is 3. The minimum atomic E-state index is 0.0322. The third-order valence-corrected chi connectivity index (χ3v) is 6.17. The van der Waals surface area contributed by atoms with Crippen LogP contribution in [0.4, 0.5) is 5.13 Å². The fourth-order valence-corrected chi connectivity index (χ4v) is 4.60. The van der Waals surface area contributed by atoms with E-state index in [9.17, 15) is 4.79 Å². The molecule has 7 nitrogen and oxygen atoms in total. The van der Waals surface area contributed by atoms with Gasteiger partial charge in [0.15, 0.2) is 5.13 Å². The summed E-state index contributed by atoms with van der Waals surface area (Å²) in [7, 11) is 0. The van der Waals surface area contributed by atoms with Gasteiger partial charge in [0.05, 0.1) is 6.61 Å². The number of hydrogen-bond acceptors (Lipinski definition) is 6. The number of ether oxygens (including phenoxy) is 1. The summed E-state index contributed by atoms with van der Waals surface area (Å²) in [6.07, 6.45) is 1.79. The van der Waals surface area contributed by atoms with Gasteiger partial charge in [0.2, 0.25) is 0 Å². The van der Waals surface area contributed by atoms with Crippen molar-refractivity contribution in [3.8, 4) is 5.75 Å². The lowest BCUT2D eigenvalue weighted by Gasteiger charge is -2.34. The van der Waals surface area contributed by atoms with Gasteiger partial charge in [0.1, 0.15) is 21.8 Å². The first-order valence-electron chi connectivity index (χ1n) is 9.72. The lowest BCUT2D eigenvalue weighted by Crippen LogP contribution is -2.48. The average Bonchev–Trinajstić information content (AvgIpc) is 3.37. The fraction of sp³-hybridized carbons (Fsp3) is 0.286. The number of nitrogens with one attached hydrogen (secondary N) is 1. The molecule has 0 atom stereocenters. The molecule has 3 aromatic heterocycles. The first-order chi connectivity index (χ1) is 14.2. The van der Waals surface area contributed by atoms with Crippen LogP contribution in [0.3, 0.4) is 0 Å². The van der Waals surface area contributed by atoms with E-state index in [1.807, 2.05) is 48.2 Å². The molecule has 0 saturated carbocycles. The van der Waals surface area contributed by atoms with Gasteiger partial charge in [0, 0.05) is 49.3 Å². The summed E-state index contributed by atoms with van der Waals surface area (Å²) in [6.45, 7) is 5.44. The predicted molar refractivity (Wildman–Crippen MR) is 115 cm³/mol. The minimum absolute atomic E-state index is 0.0322. The van der Waals surface area contributed by atoms with Crippen molar-refractivity contribution in [3.05, 3.63) is 48.3 Å². The SMILES string of the molecule is CCOc1ccc2cc(C(=O)N3CCN(c4nc5cccnc5s4)CC3)[nH]c2c1. The van der Waals surface area contributed by atoms with Crippen molar-refractivity contribution < 1.29 is 9.53 Å². The Labute approximate surface area is 171 Å². The second-order valence-corrected chi connectivity index (χ2v) is 7.92. The molecule has 0 aliphatic carbocycles. The molecule has 4 aromatic rings. The van der Waals surface area contributed by atoms with E-state index in [-0.39, 0.29) is 5.91 Å². The van der Waals surface area contributed by atoms with Gasteiger partial charge in [-0.1, -0.05) is 11.3 Å². The van der Waals surface area contributed by atoms with Crippen molar-refractivity contribution in [1.29, 1.82) is 0 Å². The third kappa shape index (κ3) is 3.40. The molecule has 8 heteroatoms. The topological polar surface area (TPSA) is 74.3 Å². The van der Waals surface area contributed by atoms with Gasteiger partial charge in [-0.05, 0) is 37.3 Å². The number of carbonyl (C=O) groups is 1. The zero-order chi connectivity index (χ0) is 19.8. The number of carbonyl (C=O) groups excluding carboxylic acids is 1. The van der Waals surface area contributed by atoms with Crippen LogP contribution < -0.4 is 9.64 Å². The van der Waals surface area contributed by atoms with Crippen LogP contribution >= 0.6 is 11.3 Å². The Morgan fingerprint density at radius 2 is 2.07 bits per heavy atom. The maximum atomic E-state index is 13.0. The maximum Gasteiger partial charge on any atom is 0.270 e. The van der Waals surface area contributed by atoms with Crippen molar-refractivity contribution in [3.63, 3.8) is 0 Å². The third-order valence-electron chi connectivity index (χ3n) is 5.13. The molecule has 1 N–H and O–H groups in total. The smallest absolute Gasteiger partial charge is 0.270 e. The van der Waals surface area contributed by atoms with E-state index in [2.05, 4.69) is 19.9 Å². The van der Waals surface area contributed by atoms with Crippen LogP contribution in [-0.4, -0.2) is 58.5 Å². The summed E-state index contributed by atoms with van der Waals surface area (Å²) in [6, 6.07) is 11.6. The molecule has 1 aliphatic rings. The Bertz CT molecular complexity index is 1140. The van der Waals surface area contributed by atoms with Crippen molar-refractivity contribution >= 4 is 43.6 Å². The highest BCUT2D eigenvalue weighted by Gasteiger charge is 2.25. The Hall–Kier alpha value is -3.13. The molecule has 1 fully saturated rings. The second kappa shape index (κ2) is 7.36. The number of aromatic amines is 1. The van der Waals surface area contributed by atoms with Gasteiger partial charge in [-0.2, -0.15) is 0 Å². The number of anilines is 1. The first kappa shape index (κ1) is 17.9. The first-order valence-corrected chi connectivity index (χ1v) is 10.5. The quantitative estimate of drug-likeness (QED) is 0.560. The fourth-order valence-electron chi connectivity index (χ4n) is 3.64. The van der Waals surface area contributed by atoms with Crippen molar-refractivity contribution in [1.82, 2.24) is 19.9 Å². The average molecular weight is 407 g/mol. The highest BCUT2D eigenvalue weighted by atomic mass is 32.1. The van der Waals surface area contributed by atoms with Gasteiger partial charge >= 0.3 is 0 Å². The molecule has 0 spiro atoms. The number of piperazine rings is 1. The molecule has 0 bridgehead atoms. The van der Waals surface area contributed by atoms with E-state index >= 15 is 0 Å². The monoisotopic (exact) mass is 407 g/mol. The van der Waals surface area contributed by atoms with E-state index in [0.29, 0.717) is 25.4 Å². The van der Waals surface area contributed by atoms with E-state index < -0.39 is 0 Å². The standard InChI is InChI=1S/C21H21N5O2S/c1-2-28-15-6-5-14-12-18(23-17(14)13-15)20(27)25-8-10-26(11-9-25)21-24-16-4-3-7-22-19(16)29-21/h3-7,12-13,23H,2,8-11H2,1H3. The van der Waals surface area contributed by atoms with Gasteiger partial charge < -0.3 is 19.5 Å². The Kier molecular flexibility index (Phi) is 4.55. The van der Waals surface area contributed by atoms with E-state index in [1.54, 1.807) is 17.5 Å². The molecule has 0 unspecified atom stereocenters. The summed E-state index contributed by atoms with van der Waals surface area (Å²) in [5, 5.41) is 1.98. The zero-order valence-corrected chi connectivity index (χ0v) is 16.9. The van der Waals surface area contributed by atoms with Gasteiger partial charge in [-0.25, -0.2) is 9.97 Å². The van der Waals surface area contributed by atoms with Gasteiger partial charge in [-0.3, -0.25) is 4.79 Å². The summed E-state index contributed by atoms with van der Waals surface area (Å²) in [5.41, 5.74) is 2.46. The van der Waals surface area contributed by atoms with E-state index in [1.165, 1.54) is 0 Å². The normalized spacial score (nSPS) is 14.7. The number of benzene rings is 1. The van der Waals surface area contributed by atoms with Crippen molar-refractivity contribution in [2.75, 3.05) is 37.7 Å². The molecule has 1 amide bonds. The molecule has 148 valence electrons. The Morgan fingerprint density at radius 3 is 2.86 bits per heavy atom.